The van der Waals surface area contributed by atoms with Crippen LogP contribution in [0.3, 0.4) is 0 Å². The third-order valence-electron chi connectivity index (χ3n) is 7.13. The summed E-state index contributed by atoms with van der Waals surface area (Å²) in [5.41, 5.74) is -0.307. The van der Waals surface area contributed by atoms with Crippen molar-refractivity contribution in [3.8, 4) is 0 Å². The summed E-state index contributed by atoms with van der Waals surface area (Å²) < 4.78 is 21.5. The normalized spacial score (nSPS) is 26.6. The van der Waals surface area contributed by atoms with E-state index in [4.69, 9.17) is 4.43 Å². The standard InChI is InChI=1S/C22H34FNO2Si/c1-20(2,3)27(6,7)26-21(4,5)18-12-14-22(15-13-19(25)24(18)22)16-10-8-9-11-17(16)23/h8-11,18H,12-15H2,1-7H3/t18-,22-/m1/s1. The van der Waals surface area contributed by atoms with Crippen LogP contribution in [0.2, 0.25) is 18.1 Å². The number of halogens is 1. The number of hydrogen-bond donors (Lipinski definition) is 0. The van der Waals surface area contributed by atoms with Gasteiger partial charge in [0.05, 0.1) is 17.2 Å². The van der Waals surface area contributed by atoms with Crippen LogP contribution in [0, 0.1) is 5.82 Å². The van der Waals surface area contributed by atoms with Gasteiger partial charge >= 0.3 is 0 Å². The van der Waals surface area contributed by atoms with Gasteiger partial charge in [0.2, 0.25) is 5.91 Å². The molecule has 0 radical (unpaired) electrons. The second-order valence-corrected chi connectivity index (χ2v) is 15.0. The van der Waals surface area contributed by atoms with Crippen LogP contribution in [0.1, 0.15) is 65.9 Å². The molecule has 3 nitrogen and oxygen atoms in total. The molecule has 0 N–H and O–H groups in total. The van der Waals surface area contributed by atoms with Crippen molar-refractivity contribution in [2.24, 2.45) is 0 Å². The van der Waals surface area contributed by atoms with Gasteiger partial charge < -0.3 is 9.33 Å². The molecular formula is C22H34FNO2Si. The average Bonchev–Trinajstić information content (AvgIpc) is 3.05. The molecule has 5 heteroatoms. The lowest BCUT2D eigenvalue weighted by atomic mass is 9.85. The molecule has 3 rings (SSSR count). The zero-order valence-electron chi connectivity index (χ0n) is 17.9. The van der Waals surface area contributed by atoms with Gasteiger partial charge in [-0.2, -0.15) is 0 Å². The first-order valence-corrected chi connectivity index (χ1v) is 13.0. The first kappa shape index (κ1) is 20.5. The van der Waals surface area contributed by atoms with E-state index in [0.717, 1.165) is 12.8 Å². The van der Waals surface area contributed by atoms with Crippen molar-refractivity contribution in [1.82, 2.24) is 4.90 Å². The Kier molecular flexibility index (Phi) is 4.88. The Morgan fingerprint density at radius 3 is 2.37 bits per heavy atom. The molecule has 2 aliphatic heterocycles. The van der Waals surface area contributed by atoms with Gasteiger partial charge in [0.15, 0.2) is 8.32 Å². The molecule has 2 saturated heterocycles. The number of amides is 1. The van der Waals surface area contributed by atoms with Crippen LogP contribution < -0.4 is 0 Å². The summed E-state index contributed by atoms with van der Waals surface area (Å²) in [6.07, 6.45) is 2.83. The predicted molar refractivity (Wildman–Crippen MR) is 110 cm³/mol. The molecule has 2 atom stereocenters. The highest BCUT2D eigenvalue weighted by atomic mass is 28.4. The minimum atomic E-state index is -2.00. The molecule has 2 aliphatic rings. The molecule has 0 bridgehead atoms. The summed E-state index contributed by atoms with van der Waals surface area (Å²) in [6.45, 7) is 15.4. The Labute approximate surface area is 164 Å². The van der Waals surface area contributed by atoms with Crippen LogP contribution in [-0.4, -0.2) is 30.8 Å². The predicted octanol–water partition coefficient (Wildman–Crippen LogP) is 5.61. The van der Waals surface area contributed by atoms with Crippen molar-refractivity contribution in [1.29, 1.82) is 0 Å². The minimum absolute atomic E-state index is 0.0266. The zero-order valence-corrected chi connectivity index (χ0v) is 18.9. The Balaban J connectivity index is 1.97. The fourth-order valence-electron chi connectivity index (χ4n) is 4.79. The maximum atomic E-state index is 14.7. The maximum absolute atomic E-state index is 14.7. The first-order chi connectivity index (χ1) is 12.3. The fraction of sp³-hybridized carbons (Fsp3) is 0.682. The van der Waals surface area contributed by atoms with Crippen LogP contribution in [0.5, 0.6) is 0 Å². The molecule has 2 heterocycles. The first-order valence-electron chi connectivity index (χ1n) is 10.1. The van der Waals surface area contributed by atoms with Crippen molar-refractivity contribution in [3.05, 3.63) is 35.6 Å². The van der Waals surface area contributed by atoms with E-state index >= 15 is 0 Å². The fourth-order valence-corrected chi connectivity index (χ4v) is 6.55. The topological polar surface area (TPSA) is 29.5 Å². The number of benzene rings is 1. The summed E-state index contributed by atoms with van der Waals surface area (Å²) in [4.78, 5) is 14.9. The molecule has 0 aliphatic carbocycles. The number of fused-ring (bicyclic) bond motifs is 1. The summed E-state index contributed by atoms with van der Waals surface area (Å²) in [5.74, 6) is -0.0753. The summed E-state index contributed by atoms with van der Waals surface area (Å²) >= 11 is 0. The van der Waals surface area contributed by atoms with Crippen LogP contribution >= 0.6 is 0 Å². The highest BCUT2D eigenvalue weighted by Crippen LogP contribution is 2.54. The molecular weight excluding hydrogens is 357 g/mol. The number of nitrogens with zero attached hydrogens (tertiary/aromatic N) is 1. The van der Waals surface area contributed by atoms with Gasteiger partial charge in [-0.25, -0.2) is 4.39 Å². The van der Waals surface area contributed by atoms with E-state index in [1.54, 1.807) is 6.07 Å². The summed E-state index contributed by atoms with van der Waals surface area (Å²) in [7, 11) is -2.00. The van der Waals surface area contributed by atoms with Crippen molar-refractivity contribution >= 4 is 14.2 Å². The molecule has 0 saturated carbocycles. The molecule has 1 aromatic rings. The third kappa shape index (κ3) is 3.27. The molecule has 150 valence electrons. The van der Waals surface area contributed by atoms with Crippen LogP contribution in [0.4, 0.5) is 4.39 Å². The quantitative estimate of drug-likeness (QED) is 0.625. The van der Waals surface area contributed by atoms with Gasteiger partial charge in [-0.3, -0.25) is 4.79 Å². The SMILES string of the molecule is CC(C)(O[Si](C)(C)C(C)(C)C)[C@H]1CC[C@]2(c3ccccc3F)CCC(=O)N12. The van der Waals surface area contributed by atoms with E-state index < -0.39 is 19.5 Å². The highest BCUT2D eigenvalue weighted by Gasteiger charge is 2.59. The lowest BCUT2D eigenvalue weighted by Gasteiger charge is -2.48. The Hall–Kier alpha value is -1.20. The number of carbonyl (C=O) groups is 1. The maximum Gasteiger partial charge on any atom is 0.223 e. The lowest BCUT2D eigenvalue weighted by molar-refractivity contribution is -0.136. The van der Waals surface area contributed by atoms with E-state index in [0.29, 0.717) is 18.4 Å². The molecule has 0 aromatic heterocycles. The van der Waals surface area contributed by atoms with Crippen molar-refractivity contribution in [2.75, 3.05) is 0 Å². The largest absolute Gasteiger partial charge is 0.410 e. The van der Waals surface area contributed by atoms with E-state index in [9.17, 15) is 9.18 Å². The molecule has 0 unspecified atom stereocenters. The van der Waals surface area contributed by atoms with E-state index in [1.165, 1.54) is 6.07 Å². The van der Waals surface area contributed by atoms with Gasteiger partial charge in [-0.05, 0) is 57.3 Å². The van der Waals surface area contributed by atoms with E-state index in [-0.39, 0.29) is 22.8 Å². The number of carbonyl (C=O) groups excluding carboxylic acids is 1. The van der Waals surface area contributed by atoms with Gasteiger partial charge in [-0.15, -0.1) is 0 Å². The second-order valence-electron chi connectivity index (χ2n) is 10.3. The van der Waals surface area contributed by atoms with E-state index in [1.807, 2.05) is 17.0 Å². The van der Waals surface area contributed by atoms with Gasteiger partial charge in [0.1, 0.15) is 5.82 Å². The monoisotopic (exact) mass is 391 g/mol. The van der Waals surface area contributed by atoms with Crippen LogP contribution in [0.25, 0.3) is 0 Å². The Morgan fingerprint density at radius 1 is 1.15 bits per heavy atom. The van der Waals surface area contributed by atoms with Crippen LogP contribution in [0.15, 0.2) is 24.3 Å². The number of hydrogen-bond acceptors (Lipinski definition) is 2. The van der Waals surface area contributed by atoms with Crippen LogP contribution in [-0.2, 0) is 14.8 Å². The smallest absolute Gasteiger partial charge is 0.223 e. The second kappa shape index (κ2) is 6.41. The molecule has 2 fully saturated rings. The highest BCUT2D eigenvalue weighted by molar-refractivity contribution is 6.74. The minimum Gasteiger partial charge on any atom is -0.410 e. The Bertz CT molecular complexity index is 740. The summed E-state index contributed by atoms with van der Waals surface area (Å²) in [6, 6.07) is 6.92. The zero-order chi connectivity index (χ0) is 20.3. The number of rotatable bonds is 4. The van der Waals surface area contributed by atoms with Crippen molar-refractivity contribution in [2.45, 2.75) is 95.6 Å². The van der Waals surface area contributed by atoms with Gasteiger partial charge in [0.25, 0.3) is 0 Å². The molecule has 1 aromatic carbocycles. The Morgan fingerprint density at radius 2 is 1.78 bits per heavy atom. The third-order valence-corrected chi connectivity index (χ3v) is 11.8. The molecule has 27 heavy (non-hydrogen) atoms. The average molecular weight is 392 g/mol. The molecule has 0 spiro atoms. The molecule has 1 amide bonds. The van der Waals surface area contributed by atoms with E-state index in [2.05, 4.69) is 47.7 Å². The van der Waals surface area contributed by atoms with Crippen molar-refractivity contribution < 1.29 is 13.6 Å². The summed E-state index contributed by atoms with van der Waals surface area (Å²) in [5, 5.41) is 0.0977. The lowest BCUT2D eigenvalue weighted by Crippen LogP contribution is -2.57. The van der Waals surface area contributed by atoms with Gasteiger partial charge in [-0.1, -0.05) is 39.0 Å². The van der Waals surface area contributed by atoms with Crippen molar-refractivity contribution in [3.63, 3.8) is 0 Å². The van der Waals surface area contributed by atoms with Gasteiger partial charge in [0, 0.05) is 12.0 Å².